The van der Waals surface area contributed by atoms with Crippen molar-refractivity contribution in [1.29, 1.82) is 0 Å². The third-order valence-corrected chi connectivity index (χ3v) is 5.67. The molecule has 30 heavy (non-hydrogen) atoms. The first kappa shape index (κ1) is 21.9. The number of alkyl halides is 3. The van der Waals surface area contributed by atoms with Crippen molar-refractivity contribution in [3.8, 4) is 0 Å². The molecule has 8 nitrogen and oxygen atoms in total. The molecule has 0 radical (unpaired) electrons. The highest BCUT2D eigenvalue weighted by molar-refractivity contribution is 5.92. The minimum absolute atomic E-state index is 0.0406. The van der Waals surface area contributed by atoms with Crippen molar-refractivity contribution in [3.63, 3.8) is 0 Å². The number of halogens is 3. The summed E-state index contributed by atoms with van der Waals surface area (Å²) in [6, 6.07) is 3.53. The maximum Gasteiger partial charge on any atom is 0.490 e. The number of likely N-dealkylation sites (tertiary alicyclic amines) is 2. The number of carbonyl (C=O) groups is 2. The van der Waals surface area contributed by atoms with Gasteiger partial charge in [-0.05, 0) is 31.4 Å². The summed E-state index contributed by atoms with van der Waals surface area (Å²) >= 11 is 0. The van der Waals surface area contributed by atoms with Crippen LogP contribution in [-0.4, -0.2) is 67.7 Å². The van der Waals surface area contributed by atoms with Crippen LogP contribution >= 0.6 is 0 Å². The minimum Gasteiger partial charge on any atom is -0.475 e. The Morgan fingerprint density at radius 3 is 2.30 bits per heavy atom. The van der Waals surface area contributed by atoms with Gasteiger partial charge in [0.1, 0.15) is 5.82 Å². The number of hydrogen-bond acceptors (Lipinski definition) is 5. The van der Waals surface area contributed by atoms with E-state index in [2.05, 4.69) is 14.5 Å². The molecule has 2 fully saturated rings. The predicted molar refractivity (Wildman–Crippen MR) is 98.5 cm³/mol. The molecule has 0 aliphatic carbocycles. The number of furan rings is 1. The van der Waals surface area contributed by atoms with Crippen molar-refractivity contribution in [2.45, 2.75) is 37.5 Å². The number of imidazole rings is 1. The van der Waals surface area contributed by atoms with Crippen molar-refractivity contribution >= 4 is 11.9 Å². The number of amides is 1. The maximum absolute atomic E-state index is 12.5. The van der Waals surface area contributed by atoms with Crippen LogP contribution in [0.5, 0.6) is 0 Å². The number of nitrogens with zero attached hydrogens (tertiary/aromatic N) is 4. The van der Waals surface area contributed by atoms with Crippen LogP contribution in [0.25, 0.3) is 0 Å². The summed E-state index contributed by atoms with van der Waals surface area (Å²) in [7, 11) is 2.03. The Hall–Kier alpha value is -2.82. The van der Waals surface area contributed by atoms with Gasteiger partial charge in [0.2, 0.25) is 0 Å². The van der Waals surface area contributed by atoms with Crippen LogP contribution in [0.3, 0.4) is 0 Å². The van der Waals surface area contributed by atoms with Gasteiger partial charge >= 0.3 is 12.1 Å². The average Bonchev–Trinajstić information content (AvgIpc) is 3.34. The number of aryl methyl sites for hydroxylation is 1. The van der Waals surface area contributed by atoms with E-state index in [4.69, 9.17) is 14.3 Å². The van der Waals surface area contributed by atoms with Gasteiger partial charge in [-0.2, -0.15) is 13.2 Å². The number of carboxylic acids is 1. The zero-order chi connectivity index (χ0) is 21.9. The van der Waals surface area contributed by atoms with Gasteiger partial charge in [0.25, 0.3) is 5.91 Å². The Labute approximate surface area is 170 Å². The summed E-state index contributed by atoms with van der Waals surface area (Å²) in [5, 5.41) is 7.12. The average molecular weight is 428 g/mol. The zero-order valence-corrected chi connectivity index (χ0v) is 16.4. The van der Waals surface area contributed by atoms with E-state index in [1.54, 1.807) is 18.4 Å². The zero-order valence-electron chi connectivity index (χ0n) is 16.4. The van der Waals surface area contributed by atoms with Crippen molar-refractivity contribution < 1.29 is 32.3 Å². The molecule has 2 aromatic rings. The molecule has 4 heterocycles. The number of hydrogen-bond donors (Lipinski definition) is 1. The predicted octanol–water partition coefficient (Wildman–Crippen LogP) is 2.53. The fraction of sp³-hybridized carbons (Fsp3) is 0.526. The van der Waals surface area contributed by atoms with Crippen LogP contribution < -0.4 is 0 Å². The molecule has 0 atom stereocenters. The SMILES string of the molecule is Cn1ccnc1CN1CCC2(CC1)CCN2C(=O)c1ccco1.O=C(O)C(F)(F)F. The highest BCUT2D eigenvalue weighted by Gasteiger charge is 2.49. The Balaban J connectivity index is 0.000000318. The summed E-state index contributed by atoms with van der Waals surface area (Å²) in [6.07, 6.45) is 3.48. The molecule has 0 aromatic carbocycles. The van der Waals surface area contributed by atoms with E-state index in [9.17, 15) is 18.0 Å². The maximum atomic E-state index is 12.5. The van der Waals surface area contributed by atoms with E-state index in [0.29, 0.717) is 5.76 Å². The Morgan fingerprint density at radius 2 is 1.87 bits per heavy atom. The third kappa shape index (κ3) is 4.66. The lowest BCUT2D eigenvalue weighted by Crippen LogP contribution is -2.65. The quantitative estimate of drug-likeness (QED) is 0.808. The van der Waals surface area contributed by atoms with Gasteiger partial charge in [0.05, 0.1) is 12.8 Å². The summed E-state index contributed by atoms with van der Waals surface area (Å²) in [5.74, 6) is -1.16. The van der Waals surface area contributed by atoms with Gasteiger partial charge in [-0.25, -0.2) is 9.78 Å². The van der Waals surface area contributed by atoms with Crippen LogP contribution in [0.2, 0.25) is 0 Å². The normalized spacial score (nSPS) is 18.5. The topological polar surface area (TPSA) is 91.8 Å². The molecule has 2 aliphatic rings. The van der Waals surface area contributed by atoms with Crippen LogP contribution in [-0.2, 0) is 18.4 Å². The lowest BCUT2D eigenvalue weighted by atomic mass is 9.76. The number of aromatic nitrogens is 2. The molecule has 2 saturated heterocycles. The Bertz CT molecular complexity index is 871. The molecular weight excluding hydrogens is 405 g/mol. The summed E-state index contributed by atoms with van der Waals surface area (Å²) in [6.45, 7) is 3.74. The molecule has 2 aliphatic heterocycles. The van der Waals surface area contributed by atoms with E-state index in [0.717, 1.165) is 51.3 Å². The molecular formula is C19H23F3N4O4. The molecule has 1 N–H and O–H groups in total. The second kappa shape index (κ2) is 8.50. The smallest absolute Gasteiger partial charge is 0.475 e. The van der Waals surface area contributed by atoms with Crippen molar-refractivity contribution in [1.82, 2.24) is 19.4 Å². The molecule has 11 heteroatoms. The molecule has 4 rings (SSSR count). The second-order valence-electron chi connectivity index (χ2n) is 7.44. The van der Waals surface area contributed by atoms with Crippen molar-refractivity contribution in [2.24, 2.45) is 7.05 Å². The van der Waals surface area contributed by atoms with E-state index >= 15 is 0 Å². The van der Waals surface area contributed by atoms with E-state index < -0.39 is 12.1 Å². The molecule has 1 spiro atoms. The van der Waals surface area contributed by atoms with Gasteiger partial charge in [0.15, 0.2) is 5.76 Å². The van der Waals surface area contributed by atoms with Crippen LogP contribution in [0.4, 0.5) is 13.2 Å². The van der Waals surface area contributed by atoms with Crippen molar-refractivity contribution in [2.75, 3.05) is 19.6 Å². The van der Waals surface area contributed by atoms with Gasteiger partial charge in [-0.15, -0.1) is 0 Å². The number of rotatable bonds is 3. The Kier molecular flexibility index (Phi) is 6.20. The molecule has 2 aromatic heterocycles. The van der Waals surface area contributed by atoms with Crippen molar-refractivity contribution in [3.05, 3.63) is 42.4 Å². The second-order valence-corrected chi connectivity index (χ2v) is 7.44. The van der Waals surface area contributed by atoms with Crippen LogP contribution in [0, 0.1) is 0 Å². The van der Waals surface area contributed by atoms with Gasteiger partial charge < -0.3 is 19.0 Å². The van der Waals surface area contributed by atoms with Crippen LogP contribution in [0.1, 0.15) is 35.6 Å². The van der Waals surface area contributed by atoms with E-state index in [1.807, 2.05) is 24.3 Å². The van der Waals surface area contributed by atoms with E-state index in [-0.39, 0.29) is 11.4 Å². The fourth-order valence-electron chi connectivity index (χ4n) is 3.79. The molecule has 0 saturated carbocycles. The summed E-state index contributed by atoms with van der Waals surface area (Å²) in [5.41, 5.74) is 0.0437. The molecule has 0 unspecified atom stereocenters. The highest BCUT2D eigenvalue weighted by Crippen LogP contribution is 2.41. The number of carbonyl (C=O) groups excluding carboxylic acids is 1. The minimum atomic E-state index is -5.08. The van der Waals surface area contributed by atoms with Crippen LogP contribution in [0.15, 0.2) is 35.2 Å². The first-order valence-corrected chi connectivity index (χ1v) is 9.46. The molecule has 0 bridgehead atoms. The first-order chi connectivity index (χ1) is 14.1. The number of aliphatic carboxylic acids is 1. The van der Waals surface area contributed by atoms with Gasteiger partial charge in [0, 0.05) is 44.6 Å². The lowest BCUT2D eigenvalue weighted by molar-refractivity contribution is -0.192. The third-order valence-electron chi connectivity index (χ3n) is 5.67. The Morgan fingerprint density at radius 1 is 1.23 bits per heavy atom. The number of carboxylic acid groups (broad SMARTS) is 1. The summed E-state index contributed by atoms with van der Waals surface area (Å²) < 4.78 is 39.1. The van der Waals surface area contributed by atoms with Gasteiger partial charge in [-0.3, -0.25) is 9.69 Å². The monoisotopic (exact) mass is 428 g/mol. The lowest BCUT2D eigenvalue weighted by Gasteiger charge is -2.56. The first-order valence-electron chi connectivity index (χ1n) is 9.46. The largest absolute Gasteiger partial charge is 0.490 e. The fourth-order valence-corrected chi connectivity index (χ4v) is 3.79. The highest BCUT2D eigenvalue weighted by atomic mass is 19.4. The number of piperidine rings is 1. The van der Waals surface area contributed by atoms with Gasteiger partial charge in [-0.1, -0.05) is 0 Å². The standard InChI is InChI=1S/C17H22N4O2.C2HF3O2/c1-19-11-7-18-15(19)13-20-8-4-17(5-9-20)6-10-21(17)16(22)14-3-2-12-23-14;3-2(4,5)1(6)7/h2-3,7,11-12H,4-6,8-10,13H2,1H3;(H,6,7). The summed E-state index contributed by atoms with van der Waals surface area (Å²) in [4.78, 5) is 30.3. The van der Waals surface area contributed by atoms with E-state index in [1.165, 1.54) is 0 Å². The molecule has 1 amide bonds. The molecule has 164 valence electrons.